The topological polar surface area (TPSA) is 116 Å². The summed E-state index contributed by atoms with van der Waals surface area (Å²) in [5.74, 6) is -1.08. The molecule has 140 valence electrons. The van der Waals surface area contributed by atoms with Crippen LogP contribution in [0.2, 0.25) is 0 Å². The Morgan fingerprint density at radius 1 is 0.923 bits per heavy atom. The standard InChI is InChI=1S/C19H22O7/c1-25-14-8-11(3-5-20)7-13(9-14)16(22)15-10-12(4-6-21)17(23)19(26-2)18(15)24/h7-10,20-21,23-24H,3-6H2,1-2H3. The molecule has 0 aliphatic rings. The summed E-state index contributed by atoms with van der Waals surface area (Å²) in [4.78, 5) is 12.9. The third-order valence-electron chi connectivity index (χ3n) is 4.00. The van der Waals surface area contributed by atoms with Crippen LogP contribution in [0.25, 0.3) is 0 Å². The van der Waals surface area contributed by atoms with Crippen molar-refractivity contribution in [3.05, 3.63) is 46.5 Å². The highest BCUT2D eigenvalue weighted by Gasteiger charge is 2.23. The summed E-state index contributed by atoms with van der Waals surface area (Å²) < 4.78 is 10.2. The van der Waals surface area contributed by atoms with Crippen molar-refractivity contribution < 1.29 is 34.7 Å². The molecule has 2 rings (SSSR count). The molecule has 0 heterocycles. The quantitative estimate of drug-likeness (QED) is 0.525. The number of hydrogen-bond donors (Lipinski definition) is 4. The Balaban J connectivity index is 2.59. The second-order valence-electron chi connectivity index (χ2n) is 5.66. The van der Waals surface area contributed by atoms with E-state index in [-0.39, 0.29) is 47.8 Å². The predicted molar refractivity (Wildman–Crippen MR) is 94.3 cm³/mol. The molecule has 26 heavy (non-hydrogen) atoms. The lowest BCUT2D eigenvalue weighted by atomic mass is 9.96. The average Bonchev–Trinajstić information content (AvgIpc) is 2.64. The average molecular weight is 362 g/mol. The molecule has 0 aliphatic heterocycles. The Morgan fingerprint density at radius 3 is 2.19 bits per heavy atom. The smallest absolute Gasteiger partial charge is 0.203 e. The Hall–Kier alpha value is -2.77. The van der Waals surface area contributed by atoms with Crippen LogP contribution in [0.15, 0.2) is 24.3 Å². The molecular weight excluding hydrogens is 340 g/mol. The second-order valence-corrected chi connectivity index (χ2v) is 5.66. The summed E-state index contributed by atoms with van der Waals surface area (Å²) in [6, 6.07) is 6.16. The van der Waals surface area contributed by atoms with Crippen LogP contribution in [0.1, 0.15) is 27.0 Å². The molecule has 0 aliphatic carbocycles. The van der Waals surface area contributed by atoms with Gasteiger partial charge in [-0.15, -0.1) is 0 Å². The Morgan fingerprint density at radius 2 is 1.62 bits per heavy atom. The van der Waals surface area contributed by atoms with Crippen molar-refractivity contribution >= 4 is 5.78 Å². The van der Waals surface area contributed by atoms with Crippen LogP contribution in [0.5, 0.6) is 23.0 Å². The van der Waals surface area contributed by atoms with Gasteiger partial charge in [-0.2, -0.15) is 0 Å². The van der Waals surface area contributed by atoms with Crippen LogP contribution in [-0.4, -0.2) is 53.6 Å². The third kappa shape index (κ3) is 3.89. The van der Waals surface area contributed by atoms with Crippen LogP contribution in [0.4, 0.5) is 0 Å². The van der Waals surface area contributed by atoms with Gasteiger partial charge in [0.05, 0.1) is 19.8 Å². The summed E-state index contributed by atoms with van der Waals surface area (Å²) in [7, 11) is 2.73. The van der Waals surface area contributed by atoms with E-state index in [9.17, 15) is 15.0 Å². The fourth-order valence-corrected chi connectivity index (χ4v) is 2.71. The monoisotopic (exact) mass is 362 g/mol. The number of methoxy groups -OCH3 is 2. The van der Waals surface area contributed by atoms with Crippen LogP contribution in [0.3, 0.4) is 0 Å². The molecule has 0 aromatic heterocycles. The zero-order valence-corrected chi connectivity index (χ0v) is 14.7. The maximum Gasteiger partial charge on any atom is 0.203 e. The van der Waals surface area contributed by atoms with E-state index in [0.717, 1.165) is 0 Å². The highest BCUT2D eigenvalue weighted by Crippen LogP contribution is 2.42. The number of carbonyl (C=O) groups is 1. The number of benzene rings is 2. The first kappa shape index (κ1) is 19.6. The van der Waals surface area contributed by atoms with Crippen molar-refractivity contribution in [3.8, 4) is 23.0 Å². The Bertz CT molecular complexity index is 799. The highest BCUT2D eigenvalue weighted by atomic mass is 16.5. The molecule has 2 aromatic rings. The van der Waals surface area contributed by atoms with Crippen molar-refractivity contribution in [2.24, 2.45) is 0 Å². The van der Waals surface area contributed by atoms with Crippen molar-refractivity contribution in [1.29, 1.82) is 0 Å². The maximum atomic E-state index is 12.9. The third-order valence-corrected chi connectivity index (χ3v) is 4.00. The number of aliphatic hydroxyl groups excluding tert-OH is 2. The van der Waals surface area contributed by atoms with E-state index in [4.69, 9.17) is 19.7 Å². The summed E-state index contributed by atoms with van der Waals surface area (Å²) in [5.41, 5.74) is 1.18. The van der Waals surface area contributed by atoms with E-state index in [1.807, 2.05) is 0 Å². The fraction of sp³-hybridized carbons (Fsp3) is 0.316. The molecule has 2 aromatic carbocycles. The number of ether oxygens (including phenoxy) is 2. The lowest BCUT2D eigenvalue weighted by Gasteiger charge is -2.15. The first-order valence-corrected chi connectivity index (χ1v) is 8.03. The van der Waals surface area contributed by atoms with Crippen molar-refractivity contribution in [2.45, 2.75) is 12.8 Å². The predicted octanol–water partition coefficient (Wildman–Crippen LogP) is 1.42. The molecule has 7 nitrogen and oxygen atoms in total. The van der Waals surface area contributed by atoms with E-state index in [0.29, 0.717) is 17.7 Å². The molecule has 0 amide bonds. The van der Waals surface area contributed by atoms with Gasteiger partial charge in [-0.1, -0.05) is 0 Å². The van der Waals surface area contributed by atoms with E-state index < -0.39 is 11.5 Å². The van der Waals surface area contributed by atoms with Gasteiger partial charge in [0, 0.05) is 24.3 Å². The van der Waals surface area contributed by atoms with Crippen molar-refractivity contribution in [1.82, 2.24) is 0 Å². The maximum absolute atomic E-state index is 12.9. The molecule has 0 saturated carbocycles. The largest absolute Gasteiger partial charge is 0.504 e. The number of phenolic OH excluding ortho intramolecular Hbond substituents is 2. The number of aromatic hydroxyl groups is 2. The van der Waals surface area contributed by atoms with Crippen LogP contribution < -0.4 is 9.47 Å². The van der Waals surface area contributed by atoms with E-state index >= 15 is 0 Å². The SMILES string of the molecule is COc1cc(CCO)cc(C(=O)c2cc(CCO)c(O)c(OC)c2O)c1. The number of phenols is 2. The minimum atomic E-state index is -0.502. The zero-order chi connectivity index (χ0) is 19.3. The molecule has 0 saturated heterocycles. The molecule has 0 atom stereocenters. The summed E-state index contributed by atoms with van der Waals surface area (Å²) >= 11 is 0. The molecule has 4 N–H and O–H groups in total. The Labute approximate surface area is 151 Å². The van der Waals surface area contributed by atoms with Gasteiger partial charge in [-0.25, -0.2) is 0 Å². The van der Waals surface area contributed by atoms with Gasteiger partial charge in [0.15, 0.2) is 17.3 Å². The number of rotatable bonds is 8. The van der Waals surface area contributed by atoms with Gasteiger partial charge in [-0.3, -0.25) is 4.79 Å². The molecule has 0 unspecified atom stereocenters. The van der Waals surface area contributed by atoms with E-state index in [1.165, 1.54) is 26.4 Å². The first-order chi connectivity index (χ1) is 12.5. The number of aliphatic hydroxyl groups is 2. The molecule has 0 spiro atoms. The molecular formula is C19H22O7. The summed E-state index contributed by atoms with van der Waals surface area (Å²) in [6.07, 6.45) is 0.439. The minimum absolute atomic E-state index is 0.0636. The molecule has 0 fully saturated rings. The van der Waals surface area contributed by atoms with Crippen molar-refractivity contribution in [3.63, 3.8) is 0 Å². The minimum Gasteiger partial charge on any atom is -0.504 e. The lowest BCUT2D eigenvalue weighted by Crippen LogP contribution is -2.07. The van der Waals surface area contributed by atoms with Crippen LogP contribution >= 0.6 is 0 Å². The lowest BCUT2D eigenvalue weighted by molar-refractivity contribution is 0.103. The fourth-order valence-electron chi connectivity index (χ4n) is 2.71. The Kier molecular flexibility index (Phi) is 6.43. The number of hydrogen-bond acceptors (Lipinski definition) is 7. The summed E-state index contributed by atoms with van der Waals surface area (Å²) in [6.45, 7) is -0.325. The van der Waals surface area contributed by atoms with Gasteiger partial charge in [0.2, 0.25) is 5.75 Å². The zero-order valence-electron chi connectivity index (χ0n) is 14.7. The van der Waals surface area contributed by atoms with Crippen molar-refractivity contribution in [2.75, 3.05) is 27.4 Å². The first-order valence-electron chi connectivity index (χ1n) is 8.03. The van der Waals surface area contributed by atoms with Crippen LogP contribution in [0, 0.1) is 0 Å². The number of carbonyl (C=O) groups excluding carboxylic acids is 1. The van der Waals surface area contributed by atoms with Crippen LogP contribution in [-0.2, 0) is 12.8 Å². The number of ketones is 1. The molecule has 0 radical (unpaired) electrons. The van der Waals surface area contributed by atoms with Gasteiger partial charge in [0.25, 0.3) is 0 Å². The van der Waals surface area contributed by atoms with Gasteiger partial charge < -0.3 is 29.9 Å². The normalized spacial score (nSPS) is 10.6. The van der Waals surface area contributed by atoms with E-state index in [1.54, 1.807) is 12.1 Å². The van der Waals surface area contributed by atoms with Gasteiger partial charge in [0.1, 0.15) is 5.75 Å². The van der Waals surface area contributed by atoms with E-state index in [2.05, 4.69) is 0 Å². The summed E-state index contributed by atoms with van der Waals surface area (Å²) in [5, 5.41) is 38.8. The second kappa shape index (κ2) is 8.55. The highest BCUT2D eigenvalue weighted by molar-refractivity contribution is 6.11. The molecule has 7 heteroatoms. The van der Waals surface area contributed by atoms with Gasteiger partial charge in [-0.05, 0) is 42.7 Å². The molecule has 0 bridgehead atoms. The van der Waals surface area contributed by atoms with Gasteiger partial charge >= 0.3 is 0 Å².